The summed E-state index contributed by atoms with van der Waals surface area (Å²) in [7, 11) is 0. The second-order valence-electron chi connectivity index (χ2n) is 7.96. The first-order chi connectivity index (χ1) is 16.2. The van der Waals surface area contributed by atoms with E-state index in [-0.39, 0.29) is 29.4 Å². The lowest BCUT2D eigenvalue weighted by Gasteiger charge is -2.25. The number of nitrogens with one attached hydrogen (secondary N) is 2. The number of hydrogen-bond donors (Lipinski definition) is 2. The highest BCUT2D eigenvalue weighted by molar-refractivity contribution is 7.99. The van der Waals surface area contributed by atoms with Gasteiger partial charge in [-0.15, -0.1) is 11.8 Å². The Morgan fingerprint density at radius 3 is 2.56 bits per heavy atom. The molecular weight excluding hydrogens is 453 g/mol. The van der Waals surface area contributed by atoms with Gasteiger partial charge in [-0.2, -0.15) is 5.26 Å². The van der Waals surface area contributed by atoms with Crippen LogP contribution >= 0.6 is 11.8 Å². The SMILES string of the molecule is CCSc1ccc(CC(=O)Nc2ccc(C(C)(C)C(=O)Nc3cc(C#N)ccn3)c(F)c2)nc1. The largest absolute Gasteiger partial charge is 0.326 e. The molecule has 0 saturated heterocycles. The van der Waals surface area contributed by atoms with Gasteiger partial charge in [0, 0.05) is 34.2 Å². The van der Waals surface area contributed by atoms with Crippen LogP contribution in [0.25, 0.3) is 0 Å². The van der Waals surface area contributed by atoms with Gasteiger partial charge in [0.25, 0.3) is 0 Å². The maximum atomic E-state index is 15.0. The highest BCUT2D eigenvalue weighted by Gasteiger charge is 2.33. The van der Waals surface area contributed by atoms with Crippen LogP contribution in [0.3, 0.4) is 0 Å². The molecule has 0 fully saturated rings. The molecular formula is C25H24FN5O2S. The van der Waals surface area contributed by atoms with Crippen molar-refractivity contribution in [2.45, 2.75) is 37.5 Å². The van der Waals surface area contributed by atoms with Gasteiger partial charge in [0.2, 0.25) is 11.8 Å². The normalized spacial score (nSPS) is 10.9. The molecule has 0 spiro atoms. The molecule has 0 aliphatic carbocycles. The van der Waals surface area contributed by atoms with Gasteiger partial charge in [-0.1, -0.05) is 13.0 Å². The third kappa shape index (κ3) is 6.17. The Kier molecular flexibility index (Phi) is 7.97. The third-order valence-corrected chi connectivity index (χ3v) is 5.94. The molecule has 3 rings (SSSR count). The second kappa shape index (κ2) is 10.9. The summed E-state index contributed by atoms with van der Waals surface area (Å²) >= 11 is 1.66. The Balaban J connectivity index is 1.67. The number of anilines is 2. The van der Waals surface area contributed by atoms with Crippen molar-refractivity contribution in [3.8, 4) is 6.07 Å². The standard InChI is InChI=1S/C25H24FN5O2S/c1-4-34-19-7-5-17(29-15-19)13-23(32)30-18-6-8-20(21(26)12-18)25(2,3)24(33)31-22-11-16(14-27)9-10-28-22/h5-12,15H,4,13H2,1-3H3,(H,30,32)(H,28,31,33). The topological polar surface area (TPSA) is 108 Å². The number of benzene rings is 1. The molecule has 0 aliphatic rings. The maximum absolute atomic E-state index is 15.0. The van der Waals surface area contributed by atoms with Crippen molar-refractivity contribution in [3.63, 3.8) is 0 Å². The molecule has 0 bridgehead atoms. The monoisotopic (exact) mass is 477 g/mol. The summed E-state index contributed by atoms with van der Waals surface area (Å²) < 4.78 is 15.0. The van der Waals surface area contributed by atoms with Crippen molar-refractivity contribution in [1.29, 1.82) is 5.26 Å². The number of carbonyl (C=O) groups excluding carboxylic acids is 2. The summed E-state index contributed by atoms with van der Waals surface area (Å²) in [5.41, 5.74) is 0.162. The molecule has 174 valence electrons. The predicted molar refractivity (Wildman–Crippen MR) is 130 cm³/mol. The van der Waals surface area contributed by atoms with E-state index in [0.717, 1.165) is 10.6 Å². The first-order valence-corrected chi connectivity index (χ1v) is 11.6. The Labute approximate surface area is 201 Å². The lowest BCUT2D eigenvalue weighted by atomic mass is 9.83. The van der Waals surface area contributed by atoms with Crippen LogP contribution < -0.4 is 10.6 Å². The summed E-state index contributed by atoms with van der Waals surface area (Å²) in [6.45, 7) is 5.22. The molecule has 0 unspecified atom stereocenters. The van der Waals surface area contributed by atoms with E-state index in [0.29, 0.717) is 11.3 Å². The first kappa shape index (κ1) is 24.9. The minimum atomic E-state index is -1.24. The lowest BCUT2D eigenvalue weighted by molar-refractivity contribution is -0.120. The van der Waals surface area contributed by atoms with Crippen LogP contribution in [-0.4, -0.2) is 27.5 Å². The Morgan fingerprint density at radius 1 is 1.12 bits per heavy atom. The third-order valence-electron chi connectivity index (χ3n) is 5.07. The van der Waals surface area contributed by atoms with Crippen molar-refractivity contribution in [2.75, 3.05) is 16.4 Å². The Bertz CT molecular complexity index is 1240. The van der Waals surface area contributed by atoms with Crippen molar-refractivity contribution >= 4 is 35.1 Å². The van der Waals surface area contributed by atoms with Crippen molar-refractivity contribution in [1.82, 2.24) is 9.97 Å². The van der Waals surface area contributed by atoms with E-state index in [9.17, 15) is 14.0 Å². The predicted octanol–water partition coefficient (Wildman–Crippen LogP) is 4.70. The molecule has 0 atom stereocenters. The number of pyridine rings is 2. The van der Waals surface area contributed by atoms with Crippen molar-refractivity contribution in [3.05, 3.63) is 77.5 Å². The molecule has 7 nitrogen and oxygen atoms in total. The van der Waals surface area contributed by atoms with Crippen LogP contribution in [0, 0.1) is 17.1 Å². The average Bonchev–Trinajstić information content (AvgIpc) is 2.80. The van der Waals surface area contributed by atoms with Gasteiger partial charge in [0.05, 0.1) is 23.5 Å². The number of halogens is 1. The fourth-order valence-corrected chi connectivity index (χ4v) is 3.83. The Morgan fingerprint density at radius 2 is 1.91 bits per heavy atom. The summed E-state index contributed by atoms with van der Waals surface area (Å²) in [5.74, 6) is -0.295. The van der Waals surface area contributed by atoms with Crippen molar-refractivity contribution < 1.29 is 14.0 Å². The molecule has 0 radical (unpaired) electrons. The van der Waals surface area contributed by atoms with E-state index >= 15 is 0 Å². The number of aromatic nitrogens is 2. The molecule has 3 aromatic rings. The number of carbonyl (C=O) groups is 2. The van der Waals surface area contributed by atoms with E-state index in [4.69, 9.17) is 5.26 Å². The number of nitriles is 1. The zero-order valence-corrected chi connectivity index (χ0v) is 19.9. The number of nitrogens with zero attached hydrogens (tertiary/aromatic N) is 3. The number of thioether (sulfide) groups is 1. The van der Waals surface area contributed by atoms with Gasteiger partial charge >= 0.3 is 0 Å². The van der Waals surface area contributed by atoms with Crippen LogP contribution in [0.1, 0.15) is 37.6 Å². The van der Waals surface area contributed by atoms with Gasteiger partial charge in [-0.3, -0.25) is 14.6 Å². The summed E-state index contributed by atoms with van der Waals surface area (Å²) in [6.07, 6.45) is 3.20. The van der Waals surface area contributed by atoms with Crippen LogP contribution in [0.15, 0.2) is 59.8 Å². The molecule has 2 heterocycles. The molecule has 1 aromatic carbocycles. The maximum Gasteiger partial charge on any atom is 0.235 e. The van der Waals surface area contributed by atoms with E-state index in [2.05, 4.69) is 27.5 Å². The van der Waals surface area contributed by atoms with Gasteiger partial charge in [-0.25, -0.2) is 9.37 Å². The van der Waals surface area contributed by atoms with Crippen LogP contribution in [0.5, 0.6) is 0 Å². The molecule has 9 heteroatoms. The number of hydrogen-bond acceptors (Lipinski definition) is 6. The zero-order valence-electron chi connectivity index (χ0n) is 19.1. The summed E-state index contributed by atoms with van der Waals surface area (Å²) in [4.78, 5) is 34.6. The molecule has 0 saturated carbocycles. The lowest BCUT2D eigenvalue weighted by Crippen LogP contribution is -2.35. The van der Waals surface area contributed by atoms with Gasteiger partial charge in [0.1, 0.15) is 11.6 Å². The van der Waals surface area contributed by atoms with E-state index in [1.807, 2.05) is 12.1 Å². The fourth-order valence-electron chi connectivity index (χ4n) is 3.20. The smallest absolute Gasteiger partial charge is 0.235 e. The number of rotatable bonds is 8. The van der Waals surface area contributed by atoms with Crippen LogP contribution in [-0.2, 0) is 21.4 Å². The molecule has 2 N–H and O–H groups in total. The molecule has 0 aliphatic heterocycles. The highest BCUT2D eigenvalue weighted by Crippen LogP contribution is 2.29. The minimum absolute atomic E-state index is 0.0586. The van der Waals surface area contributed by atoms with E-state index in [1.165, 1.54) is 30.5 Å². The molecule has 2 amide bonds. The van der Waals surface area contributed by atoms with Crippen LogP contribution in [0.2, 0.25) is 0 Å². The quantitative estimate of drug-likeness (QED) is 0.456. The number of amides is 2. The van der Waals surface area contributed by atoms with Crippen LogP contribution in [0.4, 0.5) is 15.9 Å². The Hall–Kier alpha value is -3.77. The fraction of sp³-hybridized carbons (Fsp3) is 0.240. The molecule has 2 aromatic heterocycles. The first-order valence-electron chi connectivity index (χ1n) is 10.6. The summed E-state index contributed by atoms with van der Waals surface area (Å²) in [6, 6.07) is 12.8. The second-order valence-corrected chi connectivity index (χ2v) is 9.30. The average molecular weight is 478 g/mol. The van der Waals surface area contributed by atoms with Gasteiger partial charge < -0.3 is 10.6 Å². The summed E-state index contributed by atoms with van der Waals surface area (Å²) in [5, 5.41) is 14.3. The molecule has 34 heavy (non-hydrogen) atoms. The van der Waals surface area contributed by atoms with Gasteiger partial charge in [0.15, 0.2) is 0 Å². The van der Waals surface area contributed by atoms with E-state index in [1.54, 1.807) is 43.9 Å². The van der Waals surface area contributed by atoms with E-state index < -0.39 is 17.1 Å². The minimum Gasteiger partial charge on any atom is -0.326 e. The zero-order chi connectivity index (χ0) is 24.7. The van der Waals surface area contributed by atoms with Gasteiger partial charge in [-0.05, 0) is 56.0 Å². The highest BCUT2D eigenvalue weighted by atomic mass is 32.2. The van der Waals surface area contributed by atoms with Crippen molar-refractivity contribution in [2.24, 2.45) is 0 Å².